The van der Waals surface area contributed by atoms with E-state index in [-0.39, 0.29) is 17.4 Å². The molecule has 0 atom stereocenters. The van der Waals surface area contributed by atoms with Gasteiger partial charge in [-0.05, 0) is 59.7 Å². The highest BCUT2D eigenvalue weighted by Gasteiger charge is 2.21. The lowest BCUT2D eigenvalue weighted by atomic mass is 10.1. The molecule has 8 nitrogen and oxygen atoms in total. The molecule has 0 spiro atoms. The Morgan fingerprint density at radius 2 is 1.70 bits per heavy atom. The van der Waals surface area contributed by atoms with E-state index in [4.69, 9.17) is 16.1 Å². The van der Waals surface area contributed by atoms with Crippen LogP contribution in [-0.2, 0) is 22.8 Å². The number of aromatic nitrogens is 2. The lowest BCUT2D eigenvalue weighted by molar-refractivity contribution is 0.102. The first-order valence-electron chi connectivity index (χ1n) is 11.8. The number of sulfone groups is 1. The minimum absolute atomic E-state index is 0.177. The number of amides is 1. The summed E-state index contributed by atoms with van der Waals surface area (Å²) in [6.45, 7) is 1.62. The summed E-state index contributed by atoms with van der Waals surface area (Å²) in [7, 11) is -2.92. The normalized spacial score (nSPS) is 15.4. The van der Waals surface area contributed by atoms with E-state index in [0.29, 0.717) is 54.0 Å². The zero-order valence-electron chi connectivity index (χ0n) is 19.9. The predicted molar refractivity (Wildman–Crippen MR) is 142 cm³/mol. The molecule has 4 aromatic rings. The minimum Gasteiger partial charge on any atom is -0.339 e. The summed E-state index contributed by atoms with van der Waals surface area (Å²) >= 11 is 5.93. The van der Waals surface area contributed by atoms with Crippen LogP contribution in [-0.4, -0.2) is 54.0 Å². The van der Waals surface area contributed by atoms with Crippen molar-refractivity contribution in [2.45, 2.75) is 13.0 Å². The van der Waals surface area contributed by atoms with E-state index in [1.807, 2.05) is 54.6 Å². The van der Waals surface area contributed by atoms with E-state index in [1.54, 1.807) is 18.2 Å². The number of hydrogen-bond acceptors (Lipinski definition) is 7. The summed E-state index contributed by atoms with van der Waals surface area (Å²) < 4.78 is 28.7. The molecule has 5 rings (SSSR count). The molecule has 1 aliphatic rings. The molecule has 1 aliphatic heterocycles. The van der Waals surface area contributed by atoms with Crippen LogP contribution in [0.3, 0.4) is 0 Å². The van der Waals surface area contributed by atoms with E-state index in [2.05, 4.69) is 20.4 Å². The summed E-state index contributed by atoms with van der Waals surface area (Å²) in [5, 5.41) is 7.65. The van der Waals surface area contributed by atoms with Gasteiger partial charge in [0.05, 0.1) is 17.9 Å². The molecule has 1 fully saturated rings. The van der Waals surface area contributed by atoms with Crippen LogP contribution in [0.1, 0.15) is 27.4 Å². The molecular formula is C27H25ClN4O4S. The summed E-state index contributed by atoms with van der Waals surface area (Å²) in [4.78, 5) is 19.4. The smallest absolute Gasteiger partial charge is 0.255 e. The van der Waals surface area contributed by atoms with Crippen LogP contribution in [0.2, 0.25) is 5.02 Å². The zero-order chi connectivity index (χ0) is 25.8. The lowest BCUT2D eigenvalue weighted by Gasteiger charge is -2.26. The monoisotopic (exact) mass is 536 g/mol. The lowest BCUT2D eigenvalue weighted by Crippen LogP contribution is -2.39. The fraction of sp³-hybridized carbons (Fsp3) is 0.222. The molecule has 0 aliphatic carbocycles. The second-order valence-electron chi connectivity index (χ2n) is 8.97. The molecule has 0 unspecified atom stereocenters. The highest BCUT2D eigenvalue weighted by atomic mass is 35.5. The first-order chi connectivity index (χ1) is 17.8. The number of nitrogens with zero attached hydrogens (tertiary/aromatic N) is 3. The quantitative estimate of drug-likeness (QED) is 0.371. The number of carbonyl (C=O) groups excluding carboxylic acids is 1. The SMILES string of the molecule is O=C(Nc1ccc(-c2noc(Cc3ccc(Cl)cc3)n2)cc1)c1cccc(CN2CCS(=O)(=O)CC2)c1. The van der Waals surface area contributed by atoms with Crippen molar-refractivity contribution in [3.63, 3.8) is 0 Å². The van der Waals surface area contributed by atoms with Crippen molar-refractivity contribution in [3.8, 4) is 11.4 Å². The second kappa shape index (κ2) is 10.8. The summed E-state index contributed by atoms with van der Waals surface area (Å²) in [6, 6.07) is 22.1. The number of carbonyl (C=O) groups is 1. The van der Waals surface area contributed by atoms with Gasteiger partial charge < -0.3 is 9.84 Å². The molecule has 0 saturated carbocycles. The molecule has 1 aromatic heterocycles. The van der Waals surface area contributed by atoms with Crippen molar-refractivity contribution >= 4 is 33.0 Å². The van der Waals surface area contributed by atoms with Gasteiger partial charge in [-0.25, -0.2) is 8.42 Å². The number of halogens is 1. The zero-order valence-corrected chi connectivity index (χ0v) is 21.5. The van der Waals surface area contributed by atoms with Gasteiger partial charge in [0.25, 0.3) is 5.91 Å². The molecular weight excluding hydrogens is 512 g/mol. The van der Waals surface area contributed by atoms with Gasteiger partial charge in [-0.3, -0.25) is 9.69 Å². The van der Waals surface area contributed by atoms with Crippen molar-refractivity contribution < 1.29 is 17.7 Å². The van der Waals surface area contributed by atoms with Gasteiger partial charge in [0.15, 0.2) is 9.84 Å². The Morgan fingerprint density at radius 3 is 2.43 bits per heavy atom. The third kappa shape index (κ3) is 6.62. The van der Waals surface area contributed by atoms with Crippen LogP contribution < -0.4 is 5.32 Å². The highest BCUT2D eigenvalue weighted by molar-refractivity contribution is 7.91. The Labute approximate surface area is 220 Å². The Balaban J connectivity index is 1.19. The molecule has 190 valence electrons. The average Bonchev–Trinajstić information content (AvgIpc) is 3.36. The van der Waals surface area contributed by atoms with E-state index < -0.39 is 9.84 Å². The Kier molecular flexibility index (Phi) is 7.36. The van der Waals surface area contributed by atoms with Crippen LogP contribution in [0, 0.1) is 0 Å². The topological polar surface area (TPSA) is 105 Å². The molecule has 2 heterocycles. The maximum absolute atomic E-state index is 12.8. The number of hydrogen-bond donors (Lipinski definition) is 1. The summed E-state index contributed by atoms with van der Waals surface area (Å²) in [5.41, 5.74) is 3.94. The summed E-state index contributed by atoms with van der Waals surface area (Å²) in [5.74, 6) is 1.11. The first kappa shape index (κ1) is 25.1. The number of anilines is 1. The molecule has 3 aromatic carbocycles. The van der Waals surface area contributed by atoms with Gasteiger partial charge in [0.1, 0.15) is 0 Å². The van der Waals surface area contributed by atoms with Crippen LogP contribution in [0.5, 0.6) is 0 Å². The van der Waals surface area contributed by atoms with Crippen molar-refractivity contribution in [1.29, 1.82) is 0 Å². The average molecular weight is 537 g/mol. The fourth-order valence-corrected chi connectivity index (χ4v) is 5.51. The molecule has 1 N–H and O–H groups in total. The van der Waals surface area contributed by atoms with E-state index in [9.17, 15) is 13.2 Å². The van der Waals surface area contributed by atoms with Crippen LogP contribution in [0.15, 0.2) is 77.3 Å². The largest absolute Gasteiger partial charge is 0.339 e. The minimum atomic E-state index is -2.92. The Bertz CT molecular complexity index is 1490. The van der Waals surface area contributed by atoms with Crippen LogP contribution >= 0.6 is 11.6 Å². The van der Waals surface area contributed by atoms with Crippen molar-refractivity contribution in [2.24, 2.45) is 0 Å². The maximum atomic E-state index is 12.8. The fourth-order valence-electron chi connectivity index (χ4n) is 4.10. The van der Waals surface area contributed by atoms with E-state index in [0.717, 1.165) is 16.7 Å². The van der Waals surface area contributed by atoms with Crippen LogP contribution in [0.25, 0.3) is 11.4 Å². The number of benzene rings is 3. The van der Waals surface area contributed by atoms with Gasteiger partial charge >= 0.3 is 0 Å². The van der Waals surface area contributed by atoms with Gasteiger partial charge in [0.2, 0.25) is 11.7 Å². The molecule has 10 heteroatoms. The van der Waals surface area contributed by atoms with Gasteiger partial charge in [-0.1, -0.05) is 41.0 Å². The van der Waals surface area contributed by atoms with E-state index in [1.165, 1.54) is 0 Å². The summed E-state index contributed by atoms with van der Waals surface area (Å²) in [6.07, 6.45) is 0.508. The Hall–Kier alpha value is -3.53. The van der Waals surface area contributed by atoms with Gasteiger partial charge in [0, 0.05) is 41.5 Å². The molecule has 0 bridgehead atoms. The predicted octanol–water partition coefficient (Wildman–Crippen LogP) is 4.46. The number of nitrogens with one attached hydrogen (secondary N) is 1. The maximum Gasteiger partial charge on any atom is 0.255 e. The van der Waals surface area contributed by atoms with Crippen LogP contribution in [0.4, 0.5) is 5.69 Å². The third-order valence-corrected chi connectivity index (χ3v) is 8.03. The highest BCUT2D eigenvalue weighted by Crippen LogP contribution is 2.21. The van der Waals surface area contributed by atoms with Crippen molar-refractivity contribution in [3.05, 3.63) is 100 Å². The Morgan fingerprint density at radius 1 is 0.973 bits per heavy atom. The standard InChI is InChI=1S/C27H25ClN4O4S/c28-23-8-4-19(5-9-23)17-25-30-26(31-36-25)21-6-10-24(11-7-21)29-27(33)22-3-1-2-20(16-22)18-32-12-14-37(34,35)15-13-32/h1-11,16H,12-15,17-18H2,(H,29,33). The van der Waals surface area contributed by atoms with Crippen molar-refractivity contribution in [1.82, 2.24) is 15.0 Å². The molecule has 37 heavy (non-hydrogen) atoms. The molecule has 1 saturated heterocycles. The third-order valence-electron chi connectivity index (χ3n) is 6.17. The molecule has 0 radical (unpaired) electrons. The second-order valence-corrected chi connectivity index (χ2v) is 11.7. The molecule has 1 amide bonds. The number of rotatable bonds is 7. The van der Waals surface area contributed by atoms with E-state index >= 15 is 0 Å². The van der Waals surface area contributed by atoms with Gasteiger partial charge in [-0.2, -0.15) is 4.98 Å². The van der Waals surface area contributed by atoms with Crippen molar-refractivity contribution in [2.75, 3.05) is 29.9 Å². The van der Waals surface area contributed by atoms with Gasteiger partial charge in [-0.15, -0.1) is 0 Å². The first-order valence-corrected chi connectivity index (χ1v) is 14.0.